The molecular weight excluding hydrogens is 468 g/mol. The van der Waals surface area contributed by atoms with Gasteiger partial charge in [0.15, 0.2) is 0 Å². The van der Waals surface area contributed by atoms with Crippen LogP contribution in [-0.4, -0.2) is 72.6 Å². The Hall–Kier alpha value is -3.16. The van der Waals surface area contributed by atoms with Gasteiger partial charge in [0.05, 0.1) is 31.4 Å². The highest BCUT2D eigenvalue weighted by Crippen LogP contribution is 2.40. The predicted octanol–water partition coefficient (Wildman–Crippen LogP) is 4.45. The molecule has 0 radical (unpaired) electrons. The number of aliphatic hydroxyl groups is 1. The maximum absolute atomic E-state index is 13.4. The van der Waals surface area contributed by atoms with Gasteiger partial charge in [0.25, 0.3) is 11.7 Å². The average molecular weight is 507 g/mol. The summed E-state index contributed by atoms with van der Waals surface area (Å²) in [5.74, 6) is -0.699. The molecule has 1 amide bonds. The fourth-order valence-corrected chi connectivity index (χ4v) is 5.00. The number of rotatable bonds is 7. The van der Waals surface area contributed by atoms with Crippen molar-refractivity contribution in [3.05, 3.63) is 70.3 Å². The summed E-state index contributed by atoms with van der Waals surface area (Å²) >= 11 is 0. The van der Waals surface area contributed by atoms with Crippen LogP contribution in [-0.2, 0) is 19.7 Å². The van der Waals surface area contributed by atoms with E-state index in [9.17, 15) is 14.7 Å². The summed E-state index contributed by atoms with van der Waals surface area (Å²) < 4.78 is 11.0. The maximum Gasteiger partial charge on any atom is 0.295 e. The smallest absolute Gasteiger partial charge is 0.295 e. The SMILES string of the molecule is CCOc1ccc(C(O)=C2C(=O)C(=O)N(CCN3CCOCC3)[C@@H]2c2ccc(C(C)(C)C)cc2)c(C)c1. The Morgan fingerprint density at radius 1 is 1.05 bits per heavy atom. The van der Waals surface area contributed by atoms with Crippen molar-refractivity contribution in [2.75, 3.05) is 46.0 Å². The van der Waals surface area contributed by atoms with Crippen LogP contribution in [0.15, 0.2) is 48.0 Å². The molecule has 0 aliphatic carbocycles. The highest BCUT2D eigenvalue weighted by Gasteiger charge is 2.46. The summed E-state index contributed by atoms with van der Waals surface area (Å²) in [5.41, 5.74) is 3.34. The van der Waals surface area contributed by atoms with Crippen molar-refractivity contribution in [1.29, 1.82) is 0 Å². The molecule has 0 saturated carbocycles. The van der Waals surface area contributed by atoms with Crippen LogP contribution in [0.2, 0.25) is 0 Å². The second-order valence-corrected chi connectivity index (χ2v) is 10.7. The molecule has 2 aliphatic heterocycles. The summed E-state index contributed by atoms with van der Waals surface area (Å²) in [6.07, 6.45) is 0. The quantitative estimate of drug-likeness (QED) is 0.340. The van der Waals surface area contributed by atoms with Gasteiger partial charge in [-0.1, -0.05) is 45.0 Å². The van der Waals surface area contributed by atoms with E-state index in [2.05, 4.69) is 25.7 Å². The Kier molecular flexibility index (Phi) is 8.05. The van der Waals surface area contributed by atoms with Crippen LogP contribution in [0.1, 0.15) is 56.0 Å². The molecule has 2 saturated heterocycles. The Labute approximate surface area is 219 Å². The lowest BCUT2D eigenvalue weighted by atomic mass is 9.85. The number of nitrogens with zero attached hydrogens (tertiary/aromatic N) is 2. The van der Waals surface area contributed by atoms with Gasteiger partial charge >= 0.3 is 0 Å². The van der Waals surface area contributed by atoms with Crippen LogP contribution in [0.25, 0.3) is 5.76 Å². The fourth-order valence-electron chi connectivity index (χ4n) is 5.00. The van der Waals surface area contributed by atoms with Crippen molar-refractivity contribution in [3.8, 4) is 5.75 Å². The van der Waals surface area contributed by atoms with Gasteiger partial charge < -0.3 is 19.5 Å². The molecule has 0 aromatic heterocycles. The van der Waals surface area contributed by atoms with Gasteiger partial charge in [-0.05, 0) is 54.2 Å². The third-order valence-electron chi connectivity index (χ3n) is 7.16. The Morgan fingerprint density at radius 2 is 1.73 bits per heavy atom. The van der Waals surface area contributed by atoms with Crippen LogP contribution in [0.3, 0.4) is 0 Å². The molecule has 198 valence electrons. The number of carbonyl (C=O) groups is 2. The van der Waals surface area contributed by atoms with Gasteiger partial charge in [-0.25, -0.2) is 0 Å². The van der Waals surface area contributed by atoms with Gasteiger partial charge in [-0.2, -0.15) is 0 Å². The van der Waals surface area contributed by atoms with Crippen LogP contribution >= 0.6 is 0 Å². The first kappa shape index (κ1) is 26.9. The number of morpholine rings is 1. The second-order valence-electron chi connectivity index (χ2n) is 10.7. The van der Waals surface area contributed by atoms with Gasteiger partial charge in [-0.15, -0.1) is 0 Å². The lowest BCUT2D eigenvalue weighted by molar-refractivity contribution is -0.140. The zero-order chi connectivity index (χ0) is 26.7. The number of benzene rings is 2. The first-order valence-electron chi connectivity index (χ1n) is 13.0. The van der Waals surface area contributed by atoms with E-state index in [0.717, 1.165) is 29.8 Å². The van der Waals surface area contributed by atoms with Gasteiger partial charge in [-0.3, -0.25) is 14.5 Å². The molecular formula is C30H38N2O5. The zero-order valence-corrected chi connectivity index (χ0v) is 22.5. The molecule has 7 nitrogen and oxygen atoms in total. The molecule has 2 aromatic rings. The molecule has 0 unspecified atom stereocenters. The minimum Gasteiger partial charge on any atom is -0.507 e. The molecule has 0 spiro atoms. The van der Waals surface area contributed by atoms with E-state index in [4.69, 9.17) is 9.47 Å². The van der Waals surface area contributed by atoms with Crippen LogP contribution in [0.4, 0.5) is 0 Å². The summed E-state index contributed by atoms with van der Waals surface area (Å²) in [4.78, 5) is 30.6. The Morgan fingerprint density at radius 3 is 2.32 bits per heavy atom. The van der Waals surface area contributed by atoms with E-state index in [1.807, 2.05) is 44.2 Å². The zero-order valence-electron chi connectivity index (χ0n) is 22.5. The molecule has 2 aliphatic rings. The summed E-state index contributed by atoms with van der Waals surface area (Å²) in [7, 11) is 0. The molecule has 7 heteroatoms. The number of carbonyl (C=O) groups excluding carboxylic acids is 2. The minimum atomic E-state index is -0.666. The standard InChI is InChI=1S/C30H38N2O5/c1-6-37-23-11-12-24(20(2)19-23)27(33)25-26(21-7-9-22(10-8-21)30(3,4)5)32(29(35)28(25)34)14-13-31-15-17-36-18-16-31/h7-12,19,26,33H,6,13-18H2,1-5H3/t26-/m1/s1. The van der Waals surface area contributed by atoms with E-state index in [1.165, 1.54) is 0 Å². The summed E-state index contributed by atoms with van der Waals surface area (Å²) in [6, 6.07) is 12.7. The van der Waals surface area contributed by atoms with Crippen LogP contribution in [0.5, 0.6) is 5.75 Å². The van der Waals surface area contributed by atoms with E-state index in [0.29, 0.717) is 44.2 Å². The number of aliphatic hydroxyl groups excluding tert-OH is 1. The fraction of sp³-hybridized carbons (Fsp3) is 0.467. The number of amides is 1. The first-order valence-corrected chi connectivity index (χ1v) is 13.0. The topological polar surface area (TPSA) is 79.3 Å². The highest BCUT2D eigenvalue weighted by atomic mass is 16.5. The predicted molar refractivity (Wildman–Crippen MR) is 144 cm³/mol. The largest absolute Gasteiger partial charge is 0.507 e. The number of likely N-dealkylation sites (tertiary alicyclic amines) is 1. The molecule has 1 N–H and O–H groups in total. The number of hydrogen-bond donors (Lipinski definition) is 1. The van der Waals surface area contributed by atoms with Crippen LogP contribution in [0, 0.1) is 6.92 Å². The molecule has 1 atom stereocenters. The van der Waals surface area contributed by atoms with E-state index in [1.54, 1.807) is 17.0 Å². The lowest BCUT2D eigenvalue weighted by Crippen LogP contribution is -2.42. The van der Waals surface area contributed by atoms with Crippen molar-refractivity contribution in [1.82, 2.24) is 9.80 Å². The molecule has 4 rings (SSSR count). The van der Waals surface area contributed by atoms with Gasteiger partial charge in [0.1, 0.15) is 11.5 Å². The normalized spacial score (nSPS) is 20.5. The van der Waals surface area contributed by atoms with Crippen molar-refractivity contribution < 1.29 is 24.2 Å². The van der Waals surface area contributed by atoms with Gasteiger partial charge in [0.2, 0.25) is 0 Å². The molecule has 2 fully saturated rings. The first-order chi connectivity index (χ1) is 17.6. The Bertz CT molecular complexity index is 1170. The maximum atomic E-state index is 13.4. The molecule has 2 aromatic carbocycles. The molecule has 0 bridgehead atoms. The van der Waals surface area contributed by atoms with Crippen molar-refractivity contribution in [2.45, 2.75) is 46.1 Å². The molecule has 37 heavy (non-hydrogen) atoms. The highest BCUT2D eigenvalue weighted by molar-refractivity contribution is 6.46. The second kappa shape index (κ2) is 11.1. The van der Waals surface area contributed by atoms with Crippen LogP contribution < -0.4 is 4.74 Å². The summed E-state index contributed by atoms with van der Waals surface area (Å²) in [5, 5.41) is 11.5. The third kappa shape index (κ3) is 5.73. The van der Waals surface area contributed by atoms with E-state index < -0.39 is 17.7 Å². The lowest BCUT2D eigenvalue weighted by Gasteiger charge is -2.31. The van der Waals surface area contributed by atoms with E-state index >= 15 is 0 Å². The van der Waals surface area contributed by atoms with Crippen molar-refractivity contribution in [3.63, 3.8) is 0 Å². The Balaban J connectivity index is 1.76. The number of ketones is 1. The number of ether oxygens (including phenoxy) is 2. The number of aryl methyl sites for hydroxylation is 1. The molecule has 2 heterocycles. The number of hydrogen-bond acceptors (Lipinski definition) is 6. The third-order valence-corrected chi connectivity index (χ3v) is 7.16. The number of Topliss-reactive ketones (excluding diaryl/α,β-unsaturated/α-hetero) is 1. The summed E-state index contributed by atoms with van der Waals surface area (Å²) in [6.45, 7) is 14.7. The van der Waals surface area contributed by atoms with E-state index in [-0.39, 0.29) is 16.7 Å². The van der Waals surface area contributed by atoms with Gasteiger partial charge in [0, 0.05) is 31.7 Å². The minimum absolute atomic E-state index is 0.0317. The average Bonchev–Trinajstić information content (AvgIpc) is 3.12. The van der Waals surface area contributed by atoms with Crippen molar-refractivity contribution >= 4 is 17.4 Å². The van der Waals surface area contributed by atoms with Crippen molar-refractivity contribution in [2.24, 2.45) is 0 Å². The monoisotopic (exact) mass is 506 g/mol.